The maximum atomic E-state index is 14.3. The highest BCUT2D eigenvalue weighted by Crippen LogP contribution is 2.36. The van der Waals surface area contributed by atoms with Crippen molar-refractivity contribution in [1.82, 2.24) is 0 Å². The van der Waals surface area contributed by atoms with Crippen molar-refractivity contribution < 1.29 is 8.78 Å². The Hall–Kier alpha value is -0.670. The topological polar surface area (TPSA) is 26.0 Å². The van der Waals surface area contributed by atoms with Crippen LogP contribution in [-0.2, 0) is 6.42 Å². The van der Waals surface area contributed by atoms with E-state index in [4.69, 9.17) is 17.3 Å². The van der Waals surface area contributed by atoms with Gasteiger partial charge in [0, 0.05) is 12.5 Å². The molecule has 2 N–H and O–H groups in total. The van der Waals surface area contributed by atoms with E-state index in [0.29, 0.717) is 24.8 Å². The third-order valence-corrected chi connectivity index (χ3v) is 3.42. The van der Waals surface area contributed by atoms with Gasteiger partial charge in [-0.05, 0) is 30.9 Å². The number of halogens is 3. The van der Waals surface area contributed by atoms with E-state index in [1.807, 2.05) is 0 Å². The molecule has 2 unspecified atom stereocenters. The molecule has 0 heterocycles. The lowest BCUT2D eigenvalue weighted by Crippen LogP contribution is -2.26. The molecule has 0 saturated heterocycles. The van der Waals surface area contributed by atoms with Crippen molar-refractivity contribution in [1.29, 1.82) is 0 Å². The first-order chi connectivity index (χ1) is 7.50. The molecule has 1 nitrogen and oxygen atoms in total. The molecule has 1 saturated carbocycles. The number of nitrogens with two attached hydrogens (primary N) is 1. The zero-order chi connectivity index (χ0) is 11.8. The number of alkyl halides is 1. The summed E-state index contributed by atoms with van der Waals surface area (Å²) >= 11 is 5.65. The molecule has 1 fully saturated rings. The van der Waals surface area contributed by atoms with E-state index in [9.17, 15) is 8.78 Å². The van der Waals surface area contributed by atoms with Crippen molar-refractivity contribution in [2.75, 3.05) is 0 Å². The summed E-state index contributed by atoms with van der Waals surface area (Å²) in [6.45, 7) is 0. The SMILES string of the molecule is NC1CCC(F)(Cc2cccc(Cl)c2F)C1. The van der Waals surface area contributed by atoms with Crippen molar-refractivity contribution in [2.45, 2.75) is 37.4 Å². The fraction of sp³-hybridized carbons (Fsp3) is 0.500. The van der Waals surface area contributed by atoms with Gasteiger partial charge in [0.2, 0.25) is 0 Å². The molecule has 0 aliphatic heterocycles. The molecule has 1 aromatic rings. The Bertz CT molecular complexity index is 397. The van der Waals surface area contributed by atoms with Gasteiger partial charge in [-0.3, -0.25) is 0 Å². The molecule has 0 radical (unpaired) electrons. The molecule has 0 aromatic heterocycles. The van der Waals surface area contributed by atoms with E-state index < -0.39 is 11.5 Å². The van der Waals surface area contributed by atoms with Crippen LogP contribution in [-0.4, -0.2) is 11.7 Å². The van der Waals surface area contributed by atoms with Gasteiger partial charge in [-0.15, -0.1) is 0 Å². The molecular formula is C12H14ClF2N. The van der Waals surface area contributed by atoms with Crippen LogP contribution in [0.1, 0.15) is 24.8 Å². The zero-order valence-corrected chi connectivity index (χ0v) is 9.61. The number of rotatable bonds is 2. The van der Waals surface area contributed by atoms with Gasteiger partial charge in [0.15, 0.2) is 0 Å². The maximum absolute atomic E-state index is 14.3. The van der Waals surface area contributed by atoms with Crippen molar-refractivity contribution >= 4 is 11.6 Å². The zero-order valence-electron chi connectivity index (χ0n) is 8.85. The predicted molar refractivity (Wildman–Crippen MR) is 60.8 cm³/mol. The molecule has 88 valence electrons. The van der Waals surface area contributed by atoms with Crippen LogP contribution < -0.4 is 5.73 Å². The van der Waals surface area contributed by atoms with Crippen LogP contribution in [0.25, 0.3) is 0 Å². The fourth-order valence-corrected chi connectivity index (χ4v) is 2.50. The average molecular weight is 246 g/mol. The fourth-order valence-electron chi connectivity index (χ4n) is 2.30. The van der Waals surface area contributed by atoms with E-state index in [1.54, 1.807) is 12.1 Å². The minimum Gasteiger partial charge on any atom is -0.328 e. The Morgan fingerprint density at radius 2 is 2.25 bits per heavy atom. The van der Waals surface area contributed by atoms with Crippen LogP contribution in [0, 0.1) is 5.82 Å². The first-order valence-corrected chi connectivity index (χ1v) is 5.75. The first kappa shape index (κ1) is 11.8. The van der Waals surface area contributed by atoms with E-state index >= 15 is 0 Å². The molecule has 0 amide bonds. The molecule has 0 spiro atoms. The standard InChI is InChI=1S/C12H14ClF2N/c13-10-3-1-2-8(11(10)14)6-12(15)5-4-9(16)7-12/h1-3,9H,4-7,16H2. The Kier molecular flexibility index (Phi) is 3.17. The normalized spacial score (nSPS) is 29.6. The summed E-state index contributed by atoms with van der Waals surface area (Å²) in [5.41, 5.74) is 4.64. The van der Waals surface area contributed by atoms with Crippen LogP contribution in [0.5, 0.6) is 0 Å². The minimum absolute atomic E-state index is 0.0448. The van der Waals surface area contributed by atoms with Crippen LogP contribution in [0.4, 0.5) is 8.78 Å². The molecule has 2 rings (SSSR count). The van der Waals surface area contributed by atoms with E-state index in [0.717, 1.165) is 0 Å². The predicted octanol–water partition coefficient (Wildman–Crippen LogP) is 3.24. The monoisotopic (exact) mass is 245 g/mol. The number of benzene rings is 1. The molecular weight excluding hydrogens is 232 g/mol. The molecule has 16 heavy (non-hydrogen) atoms. The summed E-state index contributed by atoms with van der Waals surface area (Å²) in [5.74, 6) is -0.512. The summed E-state index contributed by atoms with van der Waals surface area (Å²) in [4.78, 5) is 0. The van der Waals surface area contributed by atoms with Gasteiger partial charge in [0.05, 0.1) is 5.02 Å². The summed E-state index contributed by atoms with van der Waals surface area (Å²) in [5, 5.41) is 0.0448. The summed E-state index contributed by atoms with van der Waals surface area (Å²) < 4.78 is 27.9. The first-order valence-electron chi connectivity index (χ1n) is 5.38. The van der Waals surface area contributed by atoms with Crippen molar-refractivity contribution in [3.8, 4) is 0 Å². The summed E-state index contributed by atoms with van der Waals surface area (Å²) in [7, 11) is 0. The van der Waals surface area contributed by atoms with Crippen LogP contribution >= 0.6 is 11.6 Å². The third kappa shape index (κ3) is 2.36. The smallest absolute Gasteiger partial charge is 0.145 e. The molecule has 1 aliphatic rings. The highest BCUT2D eigenvalue weighted by atomic mass is 35.5. The van der Waals surface area contributed by atoms with Gasteiger partial charge in [-0.2, -0.15) is 0 Å². The van der Waals surface area contributed by atoms with Gasteiger partial charge in [0.1, 0.15) is 11.5 Å². The second-order valence-corrected chi connectivity index (χ2v) is 4.95. The summed E-state index contributed by atoms with van der Waals surface area (Å²) in [6, 6.07) is 4.57. The van der Waals surface area contributed by atoms with Gasteiger partial charge in [-0.1, -0.05) is 23.7 Å². The van der Waals surface area contributed by atoms with Gasteiger partial charge < -0.3 is 5.73 Å². The van der Waals surface area contributed by atoms with Crippen LogP contribution in [0.3, 0.4) is 0 Å². The lowest BCUT2D eigenvalue weighted by Gasteiger charge is -2.19. The number of hydrogen-bond donors (Lipinski definition) is 1. The Morgan fingerprint density at radius 3 is 2.88 bits per heavy atom. The lowest BCUT2D eigenvalue weighted by atomic mass is 9.94. The number of hydrogen-bond acceptors (Lipinski definition) is 1. The van der Waals surface area contributed by atoms with E-state index in [2.05, 4.69) is 0 Å². The average Bonchev–Trinajstić information content (AvgIpc) is 2.54. The summed E-state index contributed by atoms with van der Waals surface area (Å²) in [6.07, 6.45) is 1.44. The molecule has 1 aliphatic carbocycles. The van der Waals surface area contributed by atoms with E-state index in [1.165, 1.54) is 6.07 Å². The highest BCUT2D eigenvalue weighted by Gasteiger charge is 2.38. The molecule has 1 aromatic carbocycles. The van der Waals surface area contributed by atoms with Gasteiger partial charge >= 0.3 is 0 Å². The molecule has 0 bridgehead atoms. The maximum Gasteiger partial charge on any atom is 0.145 e. The van der Waals surface area contributed by atoms with Crippen LogP contribution in [0.15, 0.2) is 18.2 Å². The van der Waals surface area contributed by atoms with Gasteiger partial charge in [0.25, 0.3) is 0 Å². The second-order valence-electron chi connectivity index (χ2n) is 4.54. The van der Waals surface area contributed by atoms with E-state index in [-0.39, 0.29) is 17.5 Å². The lowest BCUT2D eigenvalue weighted by molar-refractivity contribution is 0.169. The Labute approximate surface area is 98.6 Å². The third-order valence-electron chi connectivity index (χ3n) is 3.13. The molecule has 4 heteroatoms. The molecule has 2 atom stereocenters. The Balaban J connectivity index is 2.18. The van der Waals surface area contributed by atoms with Gasteiger partial charge in [-0.25, -0.2) is 8.78 Å². The second kappa shape index (κ2) is 4.30. The van der Waals surface area contributed by atoms with Crippen molar-refractivity contribution in [3.05, 3.63) is 34.6 Å². The van der Waals surface area contributed by atoms with Crippen LogP contribution in [0.2, 0.25) is 5.02 Å². The quantitative estimate of drug-likeness (QED) is 0.851. The highest BCUT2D eigenvalue weighted by molar-refractivity contribution is 6.30. The largest absolute Gasteiger partial charge is 0.328 e. The Morgan fingerprint density at radius 1 is 1.50 bits per heavy atom. The van der Waals surface area contributed by atoms with Crippen molar-refractivity contribution in [3.63, 3.8) is 0 Å². The minimum atomic E-state index is -1.37. The van der Waals surface area contributed by atoms with Crippen molar-refractivity contribution in [2.24, 2.45) is 5.73 Å².